The SMILES string of the molecule is COc1cc(C(=O)NC2(/C(N)=N/O)CCCC2)ccc1C. The Hall–Kier alpha value is -2.24. The van der Waals surface area contributed by atoms with Gasteiger partial charge in [-0.1, -0.05) is 24.1 Å². The van der Waals surface area contributed by atoms with E-state index in [-0.39, 0.29) is 11.7 Å². The van der Waals surface area contributed by atoms with Gasteiger partial charge in [0.05, 0.1) is 7.11 Å². The molecule has 0 atom stereocenters. The molecule has 0 spiro atoms. The number of ether oxygens (including phenoxy) is 1. The summed E-state index contributed by atoms with van der Waals surface area (Å²) in [6.07, 6.45) is 3.23. The van der Waals surface area contributed by atoms with Gasteiger partial charge in [0.15, 0.2) is 5.84 Å². The van der Waals surface area contributed by atoms with Crippen molar-refractivity contribution in [2.75, 3.05) is 7.11 Å². The zero-order chi connectivity index (χ0) is 15.5. The van der Waals surface area contributed by atoms with Crippen molar-refractivity contribution < 1.29 is 14.7 Å². The summed E-state index contributed by atoms with van der Waals surface area (Å²) in [4.78, 5) is 12.4. The van der Waals surface area contributed by atoms with Gasteiger partial charge >= 0.3 is 0 Å². The van der Waals surface area contributed by atoms with Crippen LogP contribution in [0.25, 0.3) is 0 Å². The average molecular weight is 291 g/mol. The standard InChI is InChI=1S/C15H21N3O3/c1-10-5-6-11(9-12(10)21-2)13(19)17-15(14(16)18-20)7-3-4-8-15/h5-6,9,20H,3-4,7-8H2,1-2H3,(H2,16,18)(H,17,19). The molecular formula is C15H21N3O3. The zero-order valence-electron chi connectivity index (χ0n) is 12.3. The third kappa shape index (κ3) is 2.94. The number of hydrogen-bond donors (Lipinski definition) is 3. The molecule has 0 aromatic heterocycles. The van der Waals surface area contributed by atoms with E-state index in [1.165, 1.54) is 0 Å². The lowest BCUT2D eigenvalue weighted by atomic mass is 9.95. The summed E-state index contributed by atoms with van der Waals surface area (Å²) in [6, 6.07) is 5.26. The smallest absolute Gasteiger partial charge is 0.252 e. The Balaban J connectivity index is 2.24. The van der Waals surface area contributed by atoms with Gasteiger partial charge in [0.2, 0.25) is 0 Å². The summed E-state index contributed by atoms with van der Waals surface area (Å²) in [5.74, 6) is 0.473. The molecular weight excluding hydrogens is 270 g/mol. The minimum absolute atomic E-state index is 0.0624. The number of amides is 1. The highest BCUT2D eigenvalue weighted by Gasteiger charge is 2.40. The van der Waals surface area contributed by atoms with E-state index in [4.69, 9.17) is 15.7 Å². The van der Waals surface area contributed by atoms with Crippen molar-refractivity contribution in [3.63, 3.8) is 0 Å². The zero-order valence-corrected chi connectivity index (χ0v) is 12.3. The molecule has 0 radical (unpaired) electrons. The van der Waals surface area contributed by atoms with E-state index in [2.05, 4.69) is 10.5 Å². The van der Waals surface area contributed by atoms with Crippen LogP contribution in [0.5, 0.6) is 5.75 Å². The van der Waals surface area contributed by atoms with Crippen molar-refractivity contribution in [1.82, 2.24) is 5.32 Å². The molecule has 21 heavy (non-hydrogen) atoms. The largest absolute Gasteiger partial charge is 0.496 e. The third-order valence-corrected chi connectivity index (χ3v) is 4.08. The molecule has 0 heterocycles. The molecule has 1 aromatic carbocycles. The molecule has 114 valence electrons. The highest BCUT2D eigenvalue weighted by Crippen LogP contribution is 2.30. The van der Waals surface area contributed by atoms with Crippen LogP contribution < -0.4 is 15.8 Å². The first-order chi connectivity index (χ1) is 10.0. The maximum absolute atomic E-state index is 12.4. The number of carbonyl (C=O) groups is 1. The number of aryl methyl sites for hydroxylation is 1. The minimum atomic E-state index is -0.746. The predicted molar refractivity (Wildman–Crippen MR) is 79.8 cm³/mol. The molecule has 6 heteroatoms. The highest BCUT2D eigenvalue weighted by atomic mass is 16.5. The maximum Gasteiger partial charge on any atom is 0.252 e. The van der Waals surface area contributed by atoms with Crippen LogP contribution in [-0.2, 0) is 0 Å². The lowest BCUT2D eigenvalue weighted by Gasteiger charge is -2.28. The van der Waals surface area contributed by atoms with E-state index < -0.39 is 5.54 Å². The van der Waals surface area contributed by atoms with Crippen LogP contribution in [0.1, 0.15) is 41.6 Å². The molecule has 1 fully saturated rings. The monoisotopic (exact) mass is 291 g/mol. The molecule has 4 N–H and O–H groups in total. The topological polar surface area (TPSA) is 96.9 Å². The first-order valence-corrected chi connectivity index (χ1v) is 6.97. The van der Waals surface area contributed by atoms with Gasteiger partial charge in [0, 0.05) is 5.56 Å². The molecule has 1 aromatic rings. The number of nitrogens with two attached hydrogens (primary N) is 1. The lowest BCUT2D eigenvalue weighted by Crippen LogP contribution is -2.55. The van der Waals surface area contributed by atoms with Gasteiger partial charge in [-0.05, 0) is 37.5 Å². The number of oxime groups is 1. The number of hydrogen-bond acceptors (Lipinski definition) is 4. The first-order valence-electron chi connectivity index (χ1n) is 6.97. The summed E-state index contributed by atoms with van der Waals surface area (Å²) in [6.45, 7) is 1.91. The van der Waals surface area contributed by atoms with E-state index in [9.17, 15) is 4.79 Å². The normalized spacial score (nSPS) is 17.5. The molecule has 1 saturated carbocycles. The lowest BCUT2D eigenvalue weighted by molar-refractivity contribution is 0.0922. The fraction of sp³-hybridized carbons (Fsp3) is 0.467. The highest BCUT2D eigenvalue weighted by molar-refractivity contribution is 6.00. The average Bonchev–Trinajstić information content (AvgIpc) is 2.96. The van der Waals surface area contributed by atoms with Crippen molar-refractivity contribution in [2.24, 2.45) is 10.9 Å². The predicted octanol–water partition coefficient (Wildman–Crippen LogP) is 1.79. The van der Waals surface area contributed by atoms with E-state index >= 15 is 0 Å². The van der Waals surface area contributed by atoms with Crippen molar-refractivity contribution in [3.05, 3.63) is 29.3 Å². The number of rotatable bonds is 4. The molecule has 6 nitrogen and oxygen atoms in total. The van der Waals surface area contributed by atoms with Crippen LogP contribution in [0, 0.1) is 6.92 Å². The summed E-state index contributed by atoms with van der Waals surface area (Å²) < 4.78 is 5.23. The van der Waals surface area contributed by atoms with Crippen LogP contribution in [0.15, 0.2) is 23.4 Å². The number of nitrogens with zero attached hydrogens (tertiary/aromatic N) is 1. The van der Waals surface area contributed by atoms with Gasteiger partial charge in [-0.3, -0.25) is 4.79 Å². The summed E-state index contributed by atoms with van der Waals surface area (Å²) >= 11 is 0. The number of nitrogens with one attached hydrogen (secondary N) is 1. The molecule has 1 aliphatic carbocycles. The Labute approximate surface area is 124 Å². The van der Waals surface area contributed by atoms with E-state index in [0.29, 0.717) is 24.2 Å². The summed E-state index contributed by atoms with van der Waals surface area (Å²) in [5.41, 5.74) is 6.49. The molecule has 0 saturated heterocycles. The van der Waals surface area contributed by atoms with Crippen molar-refractivity contribution in [2.45, 2.75) is 38.1 Å². The quantitative estimate of drug-likeness (QED) is 0.341. The van der Waals surface area contributed by atoms with Gasteiger partial charge in [0.25, 0.3) is 5.91 Å². The van der Waals surface area contributed by atoms with Gasteiger partial charge in [-0.25, -0.2) is 0 Å². The fourth-order valence-electron chi connectivity index (χ4n) is 2.77. The first kappa shape index (κ1) is 15.2. The maximum atomic E-state index is 12.4. The second-order valence-corrected chi connectivity index (χ2v) is 5.41. The van der Waals surface area contributed by atoms with E-state index in [0.717, 1.165) is 18.4 Å². The Morgan fingerprint density at radius 2 is 2.10 bits per heavy atom. The number of carbonyl (C=O) groups excluding carboxylic acids is 1. The van der Waals surface area contributed by atoms with Gasteiger partial charge in [-0.2, -0.15) is 0 Å². The Morgan fingerprint density at radius 3 is 2.67 bits per heavy atom. The van der Waals surface area contributed by atoms with Crippen molar-refractivity contribution >= 4 is 11.7 Å². The van der Waals surface area contributed by atoms with Gasteiger partial charge in [0.1, 0.15) is 11.3 Å². The second-order valence-electron chi connectivity index (χ2n) is 5.41. The molecule has 0 aliphatic heterocycles. The van der Waals surface area contributed by atoms with E-state index in [1.807, 2.05) is 13.0 Å². The Morgan fingerprint density at radius 1 is 1.43 bits per heavy atom. The van der Waals surface area contributed by atoms with Gasteiger partial charge in [-0.15, -0.1) is 0 Å². The van der Waals surface area contributed by atoms with Crippen molar-refractivity contribution in [1.29, 1.82) is 0 Å². The third-order valence-electron chi connectivity index (χ3n) is 4.08. The second kappa shape index (κ2) is 6.03. The number of methoxy groups -OCH3 is 1. The van der Waals surface area contributed by atoms with Crippen LogP contribution in [0.4, 0.5) is 0 Å². The molecule has 1 amide bonds. The van der Waals surface area contributed by atoms with Crippen LogP contribution >= 0.6 is 0 Å². The van der Waals surface area contributed by atoms with E-state index in [1.54, 1.807) is 19.2 Å². The molecule has 0 unspecified atom stereocenters. The Bertz CT molecular complexity index is 563. The van der Waals surface area contributed by atoms with Crippen LogP contribution in [-0.4, -0.2) is 29.6 Å². The summed E-state index contributed by atoms with van der Waals surface area (Å²) in [7, 11) is 1.57. The number of amidine groups is 1. The summed E-state index contributed by atoms with van der Waals surface area (Å²) in [5, 5.41) is 15.0. The fourth-order valence-corrected chi connectivity index (χ4v) is 2.77. The molecule has 2 rings (SSSR count). The van der Waals surface area contributed by atoms with Crippen molar-refractivity contribution in [3.8, 4) is 5.75 Å². The van der Waals surface area contributed by atoms with Crippen LogP contribution in [0.3, 0.4) is 0 Å². The number of benzene rings is 1. The van der Waals surface area contributed by atoms with Crippen LogP contribution in [0.2, 0.25) is 0 Å². The molecule has 0 bridgehead atoms. The van der Waals surface area contributed by atoms with Gasteiger partial charge < -0.3 is 21.0 Å². The molecule has 1 aliphatic rings. The Kier molecular flexibility index (Phi) is 4.35. The minimum Gasteiger partial charge on any atom is -0.496 e.